The van der Waals surface area contributed by atoms with E-state index in [-0.39, 0.29) is 35.4 Å². The lowest BCUT2D eigenvalue weighted by Gasteiger charge is -2.18. The van der Waals surface area contributed by atoms with Gasteiger partial charge >= 0.3 is 5.97 Å². The summed E-state index contributed by atoms with van der Waals surface area (Å²) in [5.41, 5.74) is 0.295. The van der Waals surface area contributed by atoms with Crippen molar-refractivity contribution in [2.24, 2.45) is 0 Å². The predicted molar refractivity (Wildman–Crippen MR) is 94.8 cm³/mol. The topological polar surface area (TPSA) is 83.8 Å². The van der Waals surface area contributed by atoms with Gasteiger partial charge in [-0.05, 0) is 37.3 Å². The van der Waals surface area contributed by atoms with Gasteiger partial charge in [0.25, 0.3) is 0 Å². The molecule has 0 spiro atoms. The molecule has 0 radical (unpaired) electrons. The number of esters is 1. The van der Waals surface area contributed by atoms with Crippen LogP contribution in [0, 0.1) is 0 Å². The van der Waals surface area contributed by atoms with Crippen LogP contribution in [-0.2, 0) is 16.0 Å². The molecule has 0 aliphatic carbocycles. The molecule has 1 aliphatic heterocycles. The summed E-state index contributed by atoms with van der Waals surface area (Å²) in [6.07, 6.45) is 9.07. The fraction of sp³-hybridized carbons (Fsp3) is 0.500. The molecule has 1 aromatic rings. The van der Waals surface area contributed by atoms with Crippen molar-refractivity contribution in [2.45, 2.75) is 64.4 Å². The number of cyclic esters (lactones) is 1. The third kappa shape index (κ3) is 5.62. The molecule has 136 valence electrons. The number of hydrogen-bond donors (Lipinski definition) is 2. The van der Waals surface area contributed by atoms with Crippen molar-refractivity contribution in [3.05, 3.63) is 35.4 Å². The standard InChI is InChI=1S/C20H26O5/c1-2-8-17-10-7-5-3-4-6-9-15(21)11-14-12-16(22)13-18(23)19(14)20(24)25-17/h5,7,12-13,17,22-23H,2-4,6,8-11H2,1H3/b7-5+/t17-/m1/s1. The Morgan fingerprint density at radius 2 is 1.96 bits per heavy atom. The van der Waals surface area contributed by atoms with Crippen LogP contribution in [0.3, 0.4) is 0 Å². The molecular weight excluding hydrogens is 320 g/mol. The smallest absolute Gasteiger partial charge is 0.342 e. The molecule has 5 nitrogen and oxygen atoms in total. The molecule has 0 saturated carbocycles. The average Bonchev–Trinajstić information content (AvgIpc) is 2.52. The minimum Gasteiger partial charge on any atom is -0.508 e. The van der Waals surface area contributed by atoms with E-state index < -0.39 is 5.97 Å². The third-order valence-corrected chi connectivity index (χ3v) is 4.30. The first-order valence-corrected chi connectivity index (χ1v) is 8.93. The number of ether oxygens (including phenoxy) is 1. The second kappa shape index (κ2) is 9.25. The molecule has 0 bridgehead atoms. The van der Waals surface area contributed by atoms with Crippen LogP contribution in [0.4, 0.5) is 0 Å². The summed E-state index contributed by atoms with van der Waals surface area (Å²) in [6, 6.07) is 2.46. The lowest BCUT2D eigenvalue weighted by Crippen LogP contribution is -2.20. The monoisotopic (exact) mass is 346 g/mol. The fourth-order valence-electron chi connectivity index (χ4n) is 3.05. The predicted octanol–water partition coefficient (Wildman–Crippen LogP) is 4.06. The number of carbonyl (C=O) groups is 2. The molecule has 5 heteroatoms. The van der Waals surface area contributed by atoms with Gasteiger partial charge in [0.05, 0.1) is 0 Å². The van der Waals surface area contributed by atoms with Crippen molar-refractivity contribution < 1.29 is 24.5 Å². The van der Waals surface area contributed by atoms with Crippen molar-refractivity contribution in [3.8, 4) is 11.5 Å². The van der Waals surface area contributed by atoms with Crippen LogP contribution in [0.25, 0.3) is 0 Å². The third-order valence-electron chi connectivity index (χ3n) is 4.30. The van der Waals surface area contributed by atoms with Gasteiger partial charge in [0, 0.05) is 25.3 Å². The van der Waals surface area contributed by atoms with E-state index in [9.17, 15) is 19.8 Å². The summed E-state index contributed by atoms with van der Waals surface area (Å²) in [7, 11) is 0. The van der Waals surface area contributed by atoms with Crippen LogP contribution in [0.2, 0.25) is 0 Å². The van der Waals surface area contributed by atoms with Gasteiger partial charge in [-0.25, -0.2) is 4.79 Å². The van der Waals surface area contributed by atoms with Crippen LogP contribution in [0.1, 0.15) is 67.8 Å². The summed E-state index contributed by atoms with van der Waals surface area (Å²) in [4.78, 5) is 24.8. The first kappa shape index (κ1) is 19.0. The average molecular weight is 346 g/mol. The van der Waals surface area contributed by atoms with E-state index in [1.807, 2.05) is 13.0 Å². The molecule has 0 amide bonds. The summed E-state index contributed by atoms with van der Waals surface area (Å²) in [5, 5.41) is 19.8. The second-order valence-electron chi connectivity index (χ2n) is 6.48. The number of phenols is 2. The minimum absolute atomic E-state index is 0.000672. The number of aromatic hydroxyl groups is 2. The number of fused-ring (bicyclic) bond motifs is 1. The number of benzene rings is 1. The fourth-order valence-corrected chi connectivity index (χ4v) is 3.05. The lowest BCUT2D eigenvalue weighted by atomic mass is 9.98. The summed E-state index contributed by atoms with van der Waals surface area (Å²) in [6.45, 7) is 2.02. The van der Waals surface area contributed by atoms with Crippen LogP contribution in [0.15, 0.2) is 24.3 Å². The van der Waals surface area contributed by atoms with E-state index in [0.717, 1.165) is 38.2 Å². The molecule has 1 aromatic carbocycles. The number of hydrogen-bond acceptors (Lipinski definition) is 5. The normalized spacial score (nSPS) is 21.1. The van der Waals surface area contributed by atoms with Crippen LogP contribution >= 0.6 is 0 Å². The number of Topliss-reactive ketones (excluding diaryl/α,β-unsaturated/α-hetero) is 1. The Kier molecular flexibility index (Phi) is 7.04. The van der Waals surface area contributed by atoms with Crippen LogP contribution in [0.5, 0.6) is 11.5 Å². The van der Waals surface area contributed by atoms with Crippen molar-refractivity contribution in [3.63, 3.8) is 0 Å². The van der Waals surface area contributed by atoms with E-state index in [1.165, 1.54) is 6.07 Å². The highest BCUT2D eigenvalue weighted by atomic mass is 16.5. The van der Waals surface area contributed by atoms with Gasteiger partial charge in [-0.1, -0.05) is 25.5 Å². The maximum absolute atomic E-state index is 12.6. The Hall–Kier alpha value is -2.30. The van der Waals surface area contributed by atoms with Gasteiger partial charge in [-0.3, -0.25) is 4.79 Å². The molecular formula is C20H26O5. The van der Waals surface area contributed by atoms with Gasteiger partial charge in [0.15, 0.2) is 0 Å². The highest BCUT2D eigenvalue weighted by Crippen LogP contribution is 2.30. The molecule has 2 N–H and O–H groups in total. The lowest BCUT2D eigenvalue weighted by molar-refractivity contribution is -0.118. The van der Waals surface area contributed by atoms with Crippen molar-refractivity contribution in [1.29, 1.82) is 0 Å². The molecule has 25 heavy (non-hydrogen) atoms. The van der Waals surface area contributed by atoms with E-state index in [2.05, 4.69) is 6.08 Å². The number of allylic oxidation sites excluding steroid dienone is 1. The highest BCUT2D eigenvalue weighted by molar-refractivity contribution is 5.96. The molecule has 0 aromatic heterocycles. The Balaban J connectivity index is 2.35. The SMILES string of the molecule is CCC[C@@H]1C/C=C/CCCCC(=O)Cc2cc(O)cc(O)c2C(=O)O1. The number of carbonyl (C=O) groups excluding carboxylic acids is 2. The minimum atomic E-state index is -0.649. The van der Waals surface area contributed by atoms with Crippen LogP contribution < -0.4 is 0 Å². The molecule has 2 rings (SSSR count). The molecule has 0 fully saturated rings. The first-order chi connectivity index (χ1) is 12.0. The van der Waals surface area contributed by atoms with Gasteiger partial charge in [-0.15, -0.1) is 0 Å². The summed E-state index contributed by atoms with van der Waals surface area (Å²) in [5.74, 6) is -1.20. The maximum Gasteiger partial charge on any atom is 0.342 e. The second-order valence-corrected chi connectivity index (χ2v) is 6.48. The van der Waals surface area contributed by atoms with E-state index in [1.54, 1.807) is 0 Å². The Morgan fingerprint density at radius 3 is 2.72 bits per heavy atom. The molecule has 1 atom stereocenters. The molecule has 0 unspecified atom stereocenters. The Labute approximate surface area is 148 Å². The van der Waals surface area contributed by atoms with E-state index >= 15 is 0 Å². The number of ketones is 1. The summed E-state index contributed by atoms with van der Waals surface area (Å²) >= 11 is 0. The molecule has 1 heterocycles. The zero-order valence-corrected chi connectivity index (χ0v) is 14.7. The van der Waals surface area contributed by atoms with Crippen LogP contribution in [-0.4, -0.2) is 28.1 Å². The van der Waals surface area contributed by atoms with Crippen molar-refractivity contribution in [1.82, 2.24) is 0 Å². The van der Waals surface area contributed by atoms with Crippen molar-refractivity contribution >= 4 is 11.8 Å². The maximum atomic E-state index is 12.6. The van der Waals surface area contributed by atoms with Gasteiger partial charge < -0.3 is 14.9 Å². The highest BCUT2D eigenvalue weighted by Gasteiger charge is 2.23. The molecule has 1 aliphatic rings. The number of rotatable bonds is 2. The van der Waals surface area contributed by atoms with Gasteiger partial charge in [-0.2, -0.15) is 0 Å². The number of phenolic OH excluding ortho intramolecular Hbond substituents is 2. The van der Waals surface area contributed by atoms with E-state index in [4.69, 9.17) is 4.74 Å². The summed E-state index contributed by atoms with van der Waals surface area (Å²) < 4.78 is 5.58. The quantitative estimate of drug-likeness (QED) is 0.623. The zero-order chi connectivity index (χ0) is 18.2. The van der Waals surface area contributed by atoms with Crippen molar-refractivity contribution in [2.75, 3.05) is 0 Å². The molecule has 0 saturated heterocycles. The Bertz CT molecular complexity index is 648. The first-order valence-electron chi connectivity index (χ1n) is 8.93. The van der Waals surface area contributed by atoms with Gasteiger partial charge in [0.2, 0.25) is 0 Å². The van der Waals surface area contributed by atoms with E-state index in [0.29, 0.717) is 18.4 Å². The zero-order valence-electron chi connectivity index (χ0n) is 14.7. The largest absolute Gasteiger partial charge is 0.508 e. The van der Waals surface area contributed by atoms with Gasteiger partial charge in [0.1, 0.15) is 28.9 Å². The Morgan fingerprint density at radius 1 is 1.16 bits per heavy atom.